The highest BCUT2D eigenvalue weighted by molar-refractivity contribution is 7.09. The van der Waals surface area contributed by atoms with Gasteiger partial charge in [-0.3, -0.25) is 0 Å². The molecule has 6 nitrogen and oxygen atoms in total. The number of aromatic nitrogens is 1. The normalized spacial score (nSPS) is 14.0. The summed E-state index contributed by atoms with van der Waals surface area (Å²) in [5, 5.41) is 14.0. The number of aromatic carboxylic acids is 1. The van der Waals surface area contributed by atoms with E-state index in [-0.39, 0.29) is 11.7 Å². The zero-order valence-electron chi connectivity index (χ0n) is 12.2. The number of unbranched alkanes of at least 4 members (excludes halogenated alkanes) is 1. The van der Waals surface area contributed by atoms with Crippen LogP contribution in [0, 0.1) is 0 Å². The number of nitrogens with zero attached hydrogens (tertiary/aromatic N) is 2. The van der Waals surface area contributed by atoms with Gasteiger partial charge < -0.3 is 15.3 Å². The zero-order valence-corrected chi connectivity index (χ0v) is 13.0. The van der Waals surface area contributed by atoms with Crippen LogP contribution in [0.25, 0.3) is 0 Å². The number of carbonyl (C=O) groups excluding carboxylic acids is 1. The number of hydrogen-bond donors (Lipinski definition) is 2. The minimum atomic E-state index is -1.01. The number of thiazole rings is 1. The van der Waals surface area contributed by atoms with Crippen molar-refractivity contribution in [3.8, 4) is 0 Å². The first kappa shape index (κ1) is 15.8. The molecular formula is C14H21N3O3S. The zero-order chi connectivity index (χ0) is 15.2. The Morgan fingerprint density at radius 1 is 1.52 bits per heavy atom. The molecule has 2 N–H and O–H groups in total. The fourth-order valence-corrected chi connectivity index (χ4v) is 2.84. The summed E-state index contributed by atoms with van der Waals surface area (Å²) in [7, 11) is 0. The Balaban J connectivity index is 1.75. The van der Waals surface area contributed by atoms with Crippen molar-refractivity contribution in [2.24, 2.45) is 0 Å². The van der Waals surface area contributed by atoms with Gasteiger partial charge in [-0.15, -0.1) is 11.3 Å². The van der Waals surface area contributed by atoms with Crippen LogP contribution in [0.2, 0.25) is 0 Å². The molecular weight excluding hydrogens is 290 g/mol. The van der Waals surface area contributed by atoms with Crippen LogP contribution in [-0.2, 0) is 6.42 Å². The van der Waals surface area contributed by atoms with Crippen LogP contribution in [0.5, 0.6) is 0 Å². The quantitative estimate of drug-likeness (QED) is 0.772. The van der Waals surface area contributed by atoms with E-state index in [0.717, 1.165) is 37.2 Å². The van der Waals surface area contributed by atoms with Gasteiger partial charge in [0.2, 0.25) is 0 Å². The molecule has 0 bridgehead atoms. The summed E-state index contributed by atoms with van der Waals surface area (Å²) >= 11 is 1.31. The van der Waals surface area contributed by atoms with E-state index in [1.807, 2.05) is 4.90 Å². The Bertz CT molecular complexity index is 499. The fraction of sp³-hybridized carbons (Fsp3) is 0.643. The Labute approximate surface area is 128 Å². The van der Waals surface area contributed by atoms with Crippen molar-refractivity contribution >= 4 is 23.3 Å². The maximum Gasteiger partial charge on any atom is 0.355 e. The molecule has 1 heterocycles. The summed E-state index contributed by atoms with van der Waals surface area (Å²) < 4.78 is 0. The van der Waals surface area contributed by atoms with E-state index in [2.05, 4.69) is 17.2 Å². The lowest BCUT2D eigenvalue weighted by Crippen LogP contribution is -2.42. The van der Waals surface area contributed by atoms with Gasteiger partial charge in [0, 0.05) is 30.9 Å². The molecule has 2 amide bonds. The highest BCUT2D eigenvalue weighted by Gasteiger charge is 2.31. The van der Waals surface area contributed by atoms with Crippen molar-refractivity contribution in [1.29, 1.82) is 0 Å². The van der Waals surface area contributed by atoms with Crippen LogP contribution < -0.4 is 5.32 Å². The second-order valence-electron chi connectivity index (χ2n) is 5.19. The van der Waals surface area contributed by atoms with Crippen molar-refractivity contribution in [3.05, 3.63) is 16.1 Å². The number of carboxylic acids is 1. The van der Waals surface area contributed by atoms with Crippen LogP contribution in [0.15, 0.2) is 5.38 Å². The second kappa shape index (κ2) is 7.40. The molecule has 21 heavy (non-hydrogen) atoms. The molecule has 0 unspecified atom stereocenters. The van der Waals surface area contributed by atoms with E-state index in [4.69, 9.17) is 5.11 Å². The van der Waals surface area contributed by atoms with Crippen molar-refractivity contribution in [2.75, 3.05) is 13.1 Å². The lowest BCUT2D eigenvalue weighted by atomic mass is 10.3. The molecule has 0 spiro atoms. The maximum atomic E-state index is 12.1. The number of carbonyl (C=O) groups is 2. The molecule has 0 aliphatic heterocycles. The standard InChI is InChI=1S/C14H21N3O3S/c1-2-3-8-17(10-4-5-10)14(20)15-7-6-12-16-11(9-21-12)13(18)19/h9-10H,2-8H2,1H3,(H,15,20)(H,18,19). The van der Waals surface area contributed by atoms with Gasteiger partial charge in [-0.25, -0.2) is 14.6 Å². The third kappa shape index (κ3) is 4.70. The van der Waals surface area contributed by atoms with Gasteiger partial charge >= 0.3 is 12.0 Å². The Morgan fingerprint density at radius 2 is 2.29 bits per heavy atom. The van der Waals surface area contributed by atoms with Gasteiger partial charge in [-0.1, -0.05) is 13.3 Å². The van der Waals surface area contributed by atoms with Crippen molar-refractivity contribution in [2.45, 2.75) is 45.1 Å². The summed E-state index contributed by atoms with van der Waals surface area (Å²) in [6.45, 7) is 3.42. The predicted molar refractivity (Wildman–Crippen MR) is 80.8 cm³/mol. The Kier molecular flexibility index (Phi) is 5.55. The number of hydrogen-bond acceptors (Lipinski definition) is 4. The van der Waals surface area contributed by atoms with E-state index in [0.29, 0.717) is 19.0 Å². The summed E-state index contributed by atoms with van der Waals surface area (Å²) in [6, 6.07) is 0.399. The van der Waals surface area contributed by atoms with Gasteiger partial charge in [0.25, 0.3) is 0 Å². The van der Waals surface area contributed by atoms with Crippen LogP contribution in [0.4, 0.5) is 4.79 Å². The first-order chi connectivity index (χ1) is 10.1. The predicted octanol–water partition coefficient (Wildman–Crippen LogP) is 2.36. The lowest BCUT2D eigenvalue weighted by molar-refractivity contribution is 0.0691. The summed E-state index contributed by atoms with van der Waals surface area (Å²) in [6.07, 6.45) is 4.87. The summed E-state index contributed by atoms with van der Waals surface area (Å²) in [4.78, 5) is 28.8. The van der Waals surface area contributed by atoms with Crippen LogP contribution in [0.1, 0.15) is 48.1 Å². The van der Waals surface area contributed by atoms with Crippen LogP contribution in [0.3, 0.4) is 0 Å². The number of nitrogens with one attached hydrogen (secondary N) is 1. The largest absolute Gasteiger partial charge is 0.476 e. The van der Waals surface area contributed by atoms with Gasteiger partial charge in [-0.2, -0.15) is 0 Å². The first-order valence-corrected chi connectivity index (χ1v) is 8.22. The minimum absolute atomic E-state index is 0.0130. The molecule has 0 atom stereocenters. The van der Waals surface area contributed by atoms with Crippen LogP contribution in [-0.4, -0.2) is 46.1 Å². The van der Waals surface area contributed by atoms with Crippen molar-refractivity contribution in [3.63, 3.8) is 0 Å². The summed E-state index contributed by atoms with van der Waals surface area (Å²) in [5.74, 6) is -1.01. The molecule has 1 aromatic rings. The summed E-state index contributed by atoms with van der Waals surface area (Å²) in [5.41, 5.74) is 0.0730. The van der Waals surface area contributed by atoms with E-state index in [1.54, 1.807) is 0 Å². The molecule has 0 radical (unpaired) electrons. The van der Waals surface area contributed by atoms with Gasteiger partial charge in [0.05, 0.1) is 5.01 Å². The number of rotatable bonds is 8. The smallest absolute Gasteiger partial charge is 0.355 e. The minimum Gasteiger partial charge on any atom is -0.476 e. The van der Waals surface area contributed by atoms with Gasteiger partial charge in [-0.05, 0) is 19.3 Å². The Hall–Kier alpha value is -1.63. The SMILES string of the molecule is CCCCN(C(=O)NCCc1nc(C(=O)O)cs1)C1CC1. The highest BCUT2D eigenvalue weighted by Crippen LogP contribution is 2.27. The molecule has 2 rings (SSSR count). The second-order valence-corrected chi connectivity index (χ2v) is 6.13. The van der Waals surface area contributed by atoms with Crippen molar-refractivity contribution in [1.82, 2.24) is 15.2 Å². The molecule has 1 fully saturated rings. The average Bonchev–Trinajstić information content (AvgIpc) is 3.17. The first-order valence-electron chi connectivity index (χ1n) is 7.34. The molecule has 1 aromatic heterocycles. The maximum absolute atomic E-state index is 12.1. The fourth-order valence-electron chi connectivity index (χ4n) is 2.07. The van der Waals surface area contributed by atoms with E-state index < -0.39 is 5.97 Å². The highest BCUT2D eigenvalue weighted by atomic mass is 32.1. The van der Waals surface area contributed by atoms with Crippen LogP contribution >= 0.6 is 11.3 Å². The third-order valence-corrected chi connectivity index (χ3v) is 4.30. The molecule has 7 heteroatoms. The number of amides is 2. The molecule has 1 saturated carbocycles. The van der Waals surface area contributed by atoms with E-state index in [9.17, 15) is 9.59 Å². The molecule has 0 saturated heterocycles. The number of urea groups is 1. The molecule has 0 aromatic carbocycles. The lowest BCUT2D eigenvalue weighted by Gasteiger charge is -2.22. The molecule has 116 valence electrons. The van der Waals surface area contributed by atoms with Crippen molar-refractivity contribution < 1.29 is 14.7 Å². The average molecular weight is 311 g/mol. The van der Waals surface area contributed by atoms with E-state index >= 15 is 0 Å². The molecule has 1 aliphatic rings. The topological polar surface area (TPSA) is 82.5 Å². The van der Waals surface area contributed by atoms with Gasteiger partial charge in [0.1, 0.15) is 0 Å². The molecule has 1 aliphatic carbocycles. The third-order valence-electron chi connectivity index (χ3n) is 3.39. The van der Waals surface area contributed by atoms with Gasteiger partial charge in [0.15, 0.2) is 5.69 Å². The number of carboxylic acid groups (broad SMARTS) is 1. The monoisotopic (exact) mass is 311 g/mol. The Morgan fingerprint density at radius 3 is 2.86 bits per heavy atom. The van der Waals surface area contributed by atoms with E-state index in [1.165, 1.54) is 16.7 Å².